The van der Waals surface area contributed by atoms with E-state index in [0.717, 1.165) is 16.7 Å². The zero-order valence-corrected chi connectivity index (χ0v) is 19.7. The van der Waals surface area contributed by atoms with Gasteiger partial charge in [0.1, 0.15) is 23.9 Å². The summed E-state index contributed by atoms with van der Waals surface area (Å²) in [6.07, 6.45) is -2.47. The van der Waals surface area contributed by atoms with E-state index in [0.29, 0.717) is 13.2 Å². The number of rotatable bonds is 9. The van der Waals surface area contributed by atoms with Gasteiger partial charge in [0.2, 0.25) is 0 Å². The zero-order valence-electron chi connectivity index (χ0n) is 19.7. The standard InChI is InChI=1S/C28H31NO6/c1-31-29-25-23(32-17-20-11-5-2-6-12-20)24(33-18-21-13-7-3-8-14-21)26-28(25,30)19-34-27(35-26)22-15-9-4-10-16-22/h2-16,23-27,29-30H,17-19H2,1H3/t23-,24-,25-,26+,27-,28+/m1/s1. The number of benzene rings is 3. The normalized spacial score (nSPS) is 30.2. The fraction of sp³-hybridized carbons (Fsp3) is 0.357. The quantitative estimate of drug-likeness (QED) is 0.457. The first-order chi connectivity index (χ1) is 17.2. The molecule has 1 saturated heterocycles. The third kappa shape index (κ3) is 5.17. The van der Waals surface area contributed by atoms with Gasteiger partial charge >= 0.3 is 0 Å². The van der Waals surface area contributed by atoms with Gasteiger partial charge in [-0.25, -0.2) is 0 Å². The summed E-state index contributed by atoms with van der Waals surface area (Å²) in [4.78, 5) is 5.29. The summed E-state index contributed by atoms with van der Waals surface area (Å²) in [5.41, 5.74) is 4.43. The van der Waals surface area contributed by atoms with Crippen molar-refractivity contribution in [2.45, 2.75) is 49.5 Å². The van der Waals surface area contributed by atoms with Gasteiger partial charge in [-0.3, -0.25) is 0 Å². The van der Waals surface area contributed by atoms with E-state index in [-0.39, 0.29) is 6.61 Å². The Kier molecular flexibility index (Phi) is 7.55. The first kappa shape index (κ1) is 24.1. The molecule has 35 heavy (non-hydrogen) atoms. The molecule has 0 unspecified atom stereocenters. The van der Waals surface area contributed by atoms with Crippen molar-refractivity contribution < 1.29 is 28.9 Å². The molecule has 7 nitrogen and oxygen atoms in total. The highest BCUT2D eigenvalue weighted by Gasteiger charge is 2.65. The highest BCUT2D eigenvalue weighted by atomic mass is 16.7. The van der Waals surface area contributed by atoms with Crippen LogP contribution in [0.5, 0.6) is 0 Å². The van der Waals surface area contributed by atoms with E-state index in [1.807, 2.05) is 91.0 Å². The molecular formula is C28H31NO6. The Labute approximate surface area is 205 Å². The van der Waals surface area contributed by atoms with Crippen molar-refractivity contribution in [1.29, 1.82) is 0 Å². The van der Waals surface area contributed by atoms with Gasteiger partial charge in [-0.2, -0.15) is 5.48 Å². The van der Waals surface area contributed by atoms with E-state index >= 15 is 0 Å². The van der Waals surface area contributed by atoms with E-state index in [9.17, 15) is 5.11 Å². The lowest BCUT2D eigenvalue weighted by molar-refractivity contribution is -0.305. The van der Waals surface area contributed by atoms with Gasteiger partial charge in [-0.15, -0.1) is 0 Å². The molecule has 1 saturated carbocycles. The predicted molar refractivity (Wildman–Crippen MR) is 129 cm³/mol. The van der Waals surface area contributed by atoms with Crippen LogP contribution in [0.1, 0.15) is 23.0 Å². The van der Waals surface area contributed by atoms with Crippen molar-refractivity contribution in [3.63, 3.8) is 0 Å². The molecule has 2 N–H and O–H groups in total. The Morgan fingerprint density at radius 1 is 0.829 bits per heavy atom. The topological polar surface area (TPSA) is 78.4 Å². The Morgan fingerprint density at radius 3 is 1.94 bits per heavy atom. The van der Waals surface area contributed by atoms with Crippen molar-refractivity contribution in [3.05, 3.63) is 108 Å². The van der Waals surface area contributed by atoms with Crippen molar-refractivity contribution in [2.75, 3.05) is 13.7 Å². The fourth-order valence-corrected chi connectivity index (χ4v) is 4.84. The monoisotopic (exact) mass is 477 g/mol. The lowest BCUT2D eigenvalue weighted by Gasteiger charge is -2.42. The molecule has 6 atom stereocenters. The lowest BCUT2D eigenvalue weighted by Crippen LogP contribution is -2.61. The van der Waals surface area contributed by atoms with Crippen molar-refractivity contribution in [3.8, 4) is 0 Å². The van der Waals surface area contributed by atoms with Crippen molar-refractivity contribution >= 4 is 0 Å². The molecule has 1 aliphatic carbocycles. The van der Waals surface area contributed by atoms with Gasteiger partial charge in [0.05, 0.1) is 33.0 Å². The second-order valence-corrected chi connectivity index (χ2v) is 8.92. The van der Waals surface area contributed by atoms with E-state index in [1.165, 1.54) is 7.11 Å². The van der Waals surface area contributed by atoms with Crippen LogP contribution in [0.15, 0.2) is 91.0 Å². The molecule has 0 amide bonds. The molecule has 0 spiro atoms. The molecule has 5 rings (SSSR count). The number of hydroxylamine groups is 1. The number of nitrogens with one attached hydrogen (secondary N) is 1. The molecule has 3 aromatic carbocycles. The summed E-state index contributed by atoms with van der Waals surface area (Å²) in [7, 11) is 1.52. The minimum Gasteiger partial charge on any atom is -0.383 e. The lowest BCUT2D eigenvalue weighted by atomic mass is 9.95. The summed E-state index contributed by atoms with van der Waals surface area (Å²) >= 11 is 0. The smallest absolute Gasteiger partial charge is 0.184 e. The minimum atomic E-state index is -1.43. The van der Waals surface area contributed by atoms with E-state index in [1.54, 1.807) is 0 Å². The first-order valence-corrected chi connectivity index (χ1v) is 11.8. The molecular weight excluding hydrogens is 446 g/mol. The summed E-state index contributed by atoms with van der Waals surface area (Å²) < 4.78 is 25.2. The van der Waals surface area contributed by atoms with Gasteiger partial charge in [0, 0.05) is 5.56 Å². The highest BCUT2D eigenvalue weighted by Crippen LogP contribution is 2.44. The second-order valence-electron chi connectivity index (χ2n) is 8.92. The van der Waals surface area contributed by atoms with Crippen LogP contribution < -0.4 is 5.48 Å². The van der Waals surface area contributed by atoms with Crippen LogP contribution in [-0.4, -0.2) is 48.8 Å². The van der Waals surface area contributed by atoms with Crippen LogP contribution >= 0.6 is 0 Å². The zero-order chi connectivity index (χ0) is 24.1. The SMILES string of the molecule is CON[C@@H]1[C@H](OCc2ccccc2)[C@@H](OCc2ccccc2)[C@@H]2O[C@H](c3ccccc3)OC[C@]12O. The molecule has 3 aromatic rings. The van der Waals surface area contributed by atoms with Crippen LogP contribution in [0, 0.1) is 0 Å². The van der Waals surface area contributed by atoms with E-state index < -0.39 is 36.2 Å². The average molecular weight is 478 g/mol. The number of hydrogen-bond donors (Lipinski definition) is 2. The molecule has 1 aliphatic heterocycles. The summed E-state index contributed by atoms with van der Waals surface area (Å²) in [6.45, 7) is 0.738. The predicted octanol–water partition coefficient (Wildman–Crippen LogP) is 3.54. The maximum atomic E-state index is 11.8. The molecule has 1 heterocycles. The molecule has 0 radical (unpaired) electrons. The summed E-state index contributed by atoms with van der Waals surface area (Å²) in [5.74, 6) is 0. The maximum absolute atomic E-state index is 11.8. The summed E-state index contributed by atoms with van der Waals surface area (Å²) in [5, 5.41) is 11.8. The Balaban J connectivity index is 1.43. The molecule has 7 heteroatoms. The third-order valence-corrected chi connectivity index (χ3v) is 6.61. The van der Waals surface area contributed by atoms with Gasteiger partial charge in [-0.05, 0) is 11.1 Å². The average Bonchev–Trinajstić information content (AvgIpc) is 3.14. The van der Waals surface area contributed by atoms with Crippen LogP contribution in [0.25, 0.3) is 0 Å². The molecule has 2 fully saturated rings. The number of fused-ring (bicyclic) bond motifs is 1. The van der Waals surface area contributed by atoms with Gasteiger partial charge in [0.25, 0.3) is 0 Å². The Hall–Kier alpha value is -2.62. The molecule has 0 aromatic heterocycles. The third-order valence-electron chi connectivity index (χ3n) is 6.61. The second kappa shape index (κ2) is 11.0. The van der Waals surface area contributed by atoms with Crippen LogP contribution in [-0.2, 0) is 37.0 Å². The van der Waals surface area contributed by atoms with Crippen LogP contribution in [0.4, 0.5) is 0 Å². The highest BCUT2D eigenvalue weighted by molar-refractivity contribution is 5.21. The van der Waals surface area contributed by atoms with Gasteiger partial charge in [-0.1, -0.05) is 91.0 Å². The molecule has 2 aliphatic rings. The number of aliphatic hydroxyl groups is 1. The van der Waals surface area contributed by atoms with Gasteiger partial charge < -0.3 is 28.9 Å². The number of ether oxygens (including phenoxy) is 4. The maximum Gasteiger partial charge on any atom is 0.184 e. The van der Waals surface area contributed by atoms with E-state index in [2.05, 4.69) is 5.48 Å². The van der Waals surface area contributed by atoms with Gasteiger partial charge in [0.15, 0.2) is 6.29 Å². The van der Waals surface area contributed by atoms with Crippen molar-refractivity contribution in [1.82, 2.24) is 5.48 Å². The molecule has 0 bridgehead atoms. The van der Waals surface area contributed by atoms with Crippen LogP contribution in [0.2, 0.25) is 0 Å². The molecule has 184 valence electrons. The van der Waals surface area contributed by atoms with Crippen molar-refractivity contribution in [2.24, 2.45) is 0 Å². The largest absolute Gasteiger partial charge is 0.383 e. The van der Waals surface area contributed by atoms with Crippen LogP contribution in [0.3, 0.4) is 0 Å². The minimum absolute atomic E-state index is 0.0364. The first-order valence-electron chi connectivity index (χ1n) is 11.8. The fourth-order valence-electron chi connectivity index (χ4n) is 4.84. The summed E-state index contributed by atoms with van der Waals surface area (Å²) in [6, 6.07) is 28.9. The Bertz CT molecular complexity index is 1050. The number of hydrogen-bond acceptors (Lipinski definition) is 7. The Morgan fingerprint density at radius 2 is 1.37 bits per heavy atom. The van der Waals surface area contributed by atoms with E-state index in [4.69, 9.17) is 23.8 Å².